The van der Waals surface area contributed by atoms with Crippen LogP contribution in [0.25, 0.3) is 0 Å². The van der Waals surface area contributed by atoms with E-state index in [1.54, 1.807) is 6.07 Å². The van der Waals surface area contributed by atoms with Crippen LogP contribution in [0, 0.1) is 0 Å². The first-order valence-electron chi connectivity index (χ1n) is 4.67. The summed E-state index contributed by atoms with van der Waals surface area (Å²) in [5, 5.41) is 13.2. The fourth-order valence-electron chi connectivity index (χ4n) is 1.25. The van der Waals surface area contributed by atoms with Gasteiger partial charge >= 0.3 is 5.97 Å². The highest BCUT2D eigenvalue weighted by molar-refractivity contribution is 7.10. The van der Waals surface area contributed by atoms with E-state index in [4.69, 9.17) is 5.11 Å². The lowest BCUT2D eigenvalue weighted by atomic mass is 10.1. The maximum Gasteiger partial charge on any atom is 0.305 e. The average Bonchev–Trinajstić information content (AvgIpc) is 2.68. The number of aliphatic carboxylic acids is 1. The van der Waals surface area contributed by atoms with Crippen LogP contribution in [0.5, 0.6) is 0 Å². The zero-order valence-electron chi connectivity index (χ0n) is 8.80. The molecule has 16 heavy (non-hydrogen) atoms. The summed E-state index contributed by atoms with van der Waals surface area (Å²) in [5.74, 6) is -1.27. The molecule has 5 nitrogen and oxygen atoms in total. The van der Waals surface area contributed by atoms with E-state index in [1.807, 2.05) is 11.4 Å². The van der Waals surface area contributed by atoms with Gasteiger partial charge in [-0.15, -0.1) is 11.3 Å². The largest absolute Gasteiger partial charge is 0.481 e. The number of amides is 1. The van der Waals surface area contributed by atoms with Crippen molar-refractivity contribution < 1.29 is 19.4 Å². The minimum atomic E-state index is -0.948. The normalized spacial score (nSPS) is 12.1. The Morgan fingerprint density at radius 1 is 1.62 bits per heavy atom. The first kappa shape index (κ1) is 12.7. The Morgan fingerprint density at radius 3 is 2.88 bits per heavy atom. The molecule has 1 atom stereocenters. The van der Waals surface area contributed by atoms with Gasteiger partial charge in [-0.2, -0.15) is 0 Å². The number of hydrogen-bond acceptors (Lipinski definition) is 4. The molecule has 6 heteroatoms. The molecular formula is C10H13NO4S. The fourth-order valence-corrected chi connectivity index (χ4v) is 2.03. The highest BCUT2D eigenvalue weighted by Gasteiger charge is 2.18. The summed E-state index contributed by atoms with van der Waals surface area (Å²) in [4.78, 5) is 22.8. The molecule has 0 aromatic carbocycles. The Hall–Kier alpha value is -1.40. The van der Waals surface area contributed by atoms with Crippen molar-refractivity contribution in [2.24, 2.45) is 0 Å². The van der Waals surface area contributed by atoms with Crippen LogP contribution in [0.3, 0.4) is 0 Å². The number of methoxy groups -OCH3 is 1. The zero-order valence-corrected chi connectivity index (χ0v) is 9.62. The van der Waals surface area contributed by atoms with E-state index in [0.717, 1.165) is 4.88 Å². The second kappa shape index (κ2) is 6.24. The second-order valence-corrected chi connectivity index (χ2v) is 4.15. The third-order valence-electron chi connectivity index (χ3n) is 1.88. The number of carbonyl (C=O) groups excluding carboxylic acids is 1. The summed E-state index contributed by atoms with van der Waals surface area (Å²) in [6, 6.07) is 3.13. The van der Waals surface area contributed by atoms with Crippen molar-refractivity contribution in [1.82, 2.24) is 5.32 Å². The van der Waals surface area contributed by atoms with Gasteiger partial charge in [0.2, 0.25) is 5.91 Å². The lowest BCUT2D eigenvalue weighted by Crippen LogP contribution is -2.32. The first-order valence-corrected chi connectivity index (χ1v) is 5.55. The molecular weight excluding hydrogens is 230 g/mol. The summed E-state index contributed by atoms with van der Waals surface area (Å²) in [7, 11) is 1.41. The van der Waals surface area contributed by atoms with Gasteiger partial charge in [-0.05, 0) is 11.4 Å². The molecule has 0 aliphatic heterocycles. The molecule has 0 saturated carbocycles. The van der Waals surface area contributed by atoms with Crippen LogP contribution in [0.2, 0.25) is 0 Å². The van der Waals surface area contributed by atoms with E-state index in [1.165, 1.54) is 18.4 Å². The number of carbonyl (C=O) groups is 2. The van der Waals surface area contributed by atoms with Gasteiger partial charge in [-0.1, -0.05) is 6.07 Å². The van der Waals surface area contributed by atoms with Crippen LogP contribution >= 0.6 is 11.3 Å². The van der Waals surface area contributed by atoms with E-state index in [-0.39, 0.29) is 18.9 Å². The monoisotopic (exact) mass is 243 g/mol. The number of hydrogen-bond donors (Lipinski definition) is 2. The van der Waals surface area contributed by atoms with Gasteiger partial charge in [0.25, 0.3) is 0 Å². The first-order chi connectivity index (χ1) is 7.63. The predicted molar refractivity (Wildman–Crippen MR) is 59.3 cm³/mol. The molecule has 1 aromatic rings. The maximum absolute atomic E-state index is 11.3. The number of carboxylic acid groups (broad SMARTS) is 1. The van der Waals surface area contributed by atoms with Crippen molar-refractivity contribution in [1.29, 1.82) is 0 Å². The van der Waals surface area contributed by atoms with Crippen molar-refractivity contribution in [3.63, 3.8) is 0 Å². The van der Waals surface area contributed by atoms with E-state index < -0.39 is 12.0 Å². The smallest absolute Gasteiger partial charge is 0.305 e. The molecule has 0 radical (unpaired) electrons. The van der Waals surface area contributed by atoms with Gasteiger partial charge in [-0.25, -0.2) is 0 Å². The van der Waals surface area contributed by atoms with Gasteiger partial charge in [0.15, 0.2) is 0 Å². The van der Waals surface area contributed by atoms with Gasteiger partial charge < -0.3 is 15.2 Å². The highest BCUT2D eigenvalue weighted by Crippen LogP contribution is 2.21. The molecule has 0 fully saturated rings. The molecule has 1 unspecified atom stereocenters. The van der Waals surface area contributed by atoms with Crippen molar-refractivity contribution in [2.45, 2.75) is 12.5 Å². The fraction of sp³-hybridized carbons (Fsp3) is 0.400. The van der Waals surface area contributed by atoms with Crippen molar-refractivity contribution in [2.75, 3.05) is 13.7 Å². The molecule has 1 rings (SSSR count). The van der Waals surface area contributed by atoms with Crippen LogP contribution in [0.15, 0.2) is 17.5 Å². The van der Waals surface area contributed by atoms with E-state index in [0.29, 0.717) is 0 Å². The third-order valence-corrected chi connectivity index (χ3v) is 2.86. The van der Waals surface area contributed by atoms with Crippen molar-refractivity contribution >= 4 is 23.2 Å². The van der Waals surface area contributed by atoms with Gasteiger partial charge in [0.1, 0.15) is 6.61 Å². The van der Waals surface area contributed by atoms with E-state index in [2.05, 4.69) is 10.1 Å². The Balaban J connectivity index is 2.65. The Morgan fingerprint density at radius 2 is 2.38 bits per heavy atom. The molecule has 2 N–H and O–H groups in total. The maximum atomic E-state index is 11.3. The minimum absolute atomic E-state index is 0.0680. The number of carboxylic acids is 1. The lowest BCUT2D eigenvalue weighted by molar-refractivity contribution is -0.137. The van der Waals surface area contributed by atoms with E-state index >= 15 is 0 Å². The summed E-state index contributed by atoms with van der Waals surface area (Å²) >= 11 is 1.41. The molecule has 1 heterocycles. The van der Waals surface area contributed by atoms with Crippen LogP contribution < -0.4 is 5.32 Å². The van der Waals surface area contributed by atoms with Crippen LogP contribution in [-0.2, 0) is 14.3 Å². The van der Waals surface area contributed by atoms with Crippen LogP contribution in [0.1, 0.15) is 17.3 Å². The Kier molecular flexibility index (Phi) is 4.94. The SMILES string of the molecule is COCC(=O)NC(CC(=O)O)c1cccs1. The molecule has 1 aromatic heterocycles. The Labute approximate surface area is 97.0 Å². The summed E-state index contributed by atoms with van der Waals surface area (Å²) in [6.45, 7) is -0.0680. The topological polar surface area (TPSA) is 75.6 Å². The number of thiophene rings is 1. The van der Waals surface area contributed by atoms with Gasteiger partial charge in [-0.3, -0.25) is 9.59 Å². The van der Waals surface area contributed by atoms with Crippen molar-refractivity contribution in [3.8, 4) is 0 Å². The molecule has 0 saturated heterocycles. The van der Waals surface area contributed by atoms with Gasteiger partial charge in [0, 0.05) is 12.0 Å². The zero-order chi connectivity index (χ0) is 12.0. The summed E-state index contributed by atoms with van der Waals surface area (Å²) in [5.41, 5.74) is 0. The molecule has 0 aliphatic carbocycles. The predicted octanol–water partition coefficient (Wildman–Crippen LogP) is 1.03. The van der Waals surface area contributed by atoms with Crippen molar-refractivity contribution in [3.05, 3.63) is 22.4 Å². The molecule has 1 amide bonds. The quantitative estimate of drug-likeness (QED) is 0.782. The second-order valence-electron chi connectivity index (χ2n) is 3.17. The average molecular weight is 243 g/mol. The standard InChI is InChI=1S/C10H13NO4S/c1-15-6-9(12)11-7(5-10(13)14)8-3-2-4-16-8/h2-4,7H,5-6H2,1H3,(H,11,12)(H,13,14). The highest BCUT2D eigenvalue weighted by atomic mass is 32.1. The third kappa shape index (κ3) is 4.00. The molecule has 0 spiro atoms. The van der Waals surface area contributed by atoms with Crippen LogP contribution in [-0.4, -0.2) is 30.7 Å². The van der Waals surface area contributed by atoms with Crippen LogP contribution in [0.4, 0.5) is 0 Å². The Bertz CT molecular complexity index is 350. The number of rotatable bonds is 6. The number of ether oxygens (including phenoxy) is 1. The van der Waals surface area contributed by atoms with E-state index in [9.17, 15) is 9.59 Å². The summed E-state index contributed by atoms with van der Waals surface area (Å²) < 4.78 is 4.67. The molecule has 0 bridgehead atoms. The van der Waals surface area contributed by atoms with Gasteiger partial charge in [0.05, 0.1) is 12.5 Å². The minimum Gasteiger partial charge on any atom is -0.481 e. The molecule has 88 valence electrons. The lowest BCUT2D eigenvalue weighted by Gasteiger charge is -2.14. The summed E-state index contributed by atoms with van der Waals surface area (Å²) in [6.07, 6.45) is -0.129. The molecule has 0 aliphatic rings. The number of nitrogens with one attached hydrogen (secondary N) is 1.